The highest BCUT2D eigenvalue weighted by molar-refractivity contribution is 5.93. The van der Waals surface area contributed by atoms with Crippen LogP contribution >= 0.6 is 0 Å². The van der Waals surface area contributed by atoms with Crippen molar-refractivity contribution in [2.45, 2.75) is 57.5 Å². The molecule has 1 unspecified atom stereocenters. The average Bonchev–Trinajstić information content (AvgIpc) is 3.55. The first-order valence-corrected chi connectivity index (χ1v) is 10.8. The van der Waals surface area contributed by atoms with Crippen LogP contribution in [0.5, 0.6) is 5.75 Å². The highest BCUT2D eigenvalue weighted by atomic mass is 16.5. The summed E-state index contributed by atoms with van der Waals surface area (Å²) >= 11 is 0. The summed E-state index contributed by atoms with van der Waals surface area (Å²) in [5.74, 6) is 1.53. The number of ether oxygens (including phenoxy) is 1. The van der Waals surface area contributed by atoms with Crippen LogP contribution in [-0.4, -0.2) is 31.8 Å². The number of para-hydroxylation sites is 1. The summed E-state index contributed by atoms with van der Waals surface area (Å²) in [5, 5.41) is 7.56. The van der Waals surface area contributed by atoms with Gasteiger partial charge in [-0.25, -0.2) is 4.98 Å². The van der Waals surface area contributed by atoms with Gasteiger partial charge in [0.1, 0.15) is 11.6 Å². The van der Waals surface area contributed by atoms with E-state index in [1.165, 1.54) is 4.68 Å². The largest absolute Gasteiger partial charge is 0.481 e. The minimum atomic E-state index is -0.703. The van der Waals surface area contributed by atoms with Crippen LogP contribution in [0.3, 0.4) is 0 Å². The molecule has 0 aliphatic heterocycles. The quantitative estimate of drug-likeness (QED) is 0.639. The molecule has 160 valence electrons. The van der Waals surface area contributed by atoms with E-state index in [0.717, 1.165) is 55.5 Å². The van der Waals surface area contributed by atoms with Gasteiger partial charge in [0.2, 0.25) is 5.95 Å². The van der Waals surface area contributed by atoms with Gasteiger partial charge in [-0.05, 0) is 57.6 Å². The Balaban J connectivity index is 1.43. The van der Waals surface area contributed by atoms with Crippen LogP contribution in [0.2, 0.25) is 0 Å². The Bertz CT molecular complexity index is 1160. The Labute approximate surface area is 179 Å². The number of nitrogens with zero attached hydrogens (tertiary/aromatic N) is 3. The van der Waals surface area contributed by atoms with Crippen LogP contribution in [0.25, 0.3) is 5.95 Å². The first-order chi connectivity index (χ1) is 15.1. The van der Waals surface area contributed by atoms with E-state index in [-0.39, 0.29) is 11.5 Å². The van der Waals surface area contributed by atoms with Gasteiger partial charge in [-0.15, -0.1) is 0 Å². The maximum Gasteiger partial charge on any atom is 0.266 e. The van der Waals surface area contributed by atoms with Crippen molar-refractivity contribution in [1.82, 2.24) is 19.7 Å². The molecule has 1 fully saturated rings. The molecule has 8 heteroatoms. The van der Waals surface area contributed by atoms with Crippen LogP contribution in [0.4, 0.5) is 5.82 Å². The number of carbonyl (C=O) groups excluding carboxylic acids is 1. The molecule has 1 aromatic carbocycles. The minimum Gasteiger partial charge on any atom is -0.481 e. The van der Waals surface area contributed by atoms with E-state index in [1.807, 2.05) is 24.3 Å². The summed E-state index contributed by atoms with van der Waals surface area (Å²) < 4.78 is 7.28. The number of carbonyl (C=O) groups is 1. The lowest BCUT2D eigenvalue weighted by atomic mass is 9.97. The van der Waals surface area contributed by atoms with Gasteiger partial charge in [-0.2, -0.15) is 9.78 Å². The van der Waals surface area contributed by atoms with E-state index in [1.54, 1.807) is 19.1 Å². The Morgan fingerprint density at radius 3 is 2.77 bits per heavy atom. The molecule has 2 N–H and O–H groups in total. The van der Waals surface area contributed by atoms with Gasteiger partial charge in [0.25, 0.3) is 11.5 Å². The molecule has 0 spiro atoms. The maximum atomic E-state index is 12.8. The molecule has 8 nitrogen and oxygen atoms in total. The van der Waals surface area contributed by atoms with E-state index in [4.69, 9.17) is 4.74 Å². The SMILES string of the molecule is CC(Oc1ccccc1)C(=O)Nc1cc(C2CC2)nn1-c1nc2c(c(=O)[nH]1)CCCC2. The second-order valence-electron chi connectivity index (χ2n) is 8.22. The molecular formula is C23H25N5O3. The van der Waals surface area contributed by atoms with Crippen LogP contribution in [0.15, 0.2) is 41.2 Å². The zero-order valence-electron chi connectivity index (χ0n) is 17.4. The Morgan fingerprint density at radius 1 is 1.23 bits per heavy atom. The number of benzene rings is 1. The minimum absolute atomic E-state index is 0.124. The highest BCUT2D eigenvalue weighted by Gasteiger charge is 2.29. The van der Waals surface area contributed by atoms with Crippen molar-refractivity contribution in [3.8, 4) is 11.7 Å². The van der Waals surface area contributed by atoms with Gasteiger partial charge in [-0.1, -0.05) is 18.2 Å². The molecule has 2 heterocycles. The molecule has 1 saturated carbocycles. The third-order valence-electron chi connectivity index (χ3n) is 5.78. The standard InChI is InChI=1S/C23H25N5O3/c1-14(31-16-7-3-2-4-8-16)21(29)25-20-13-19(15-11-12-15)27-28(20)23-24-18-10-6-5-9-17(18)22(30)26-23/h2-4,7-8,13-15H,5-6,9-12H2,1H3,(H,25,29)(H,24,26,30). The zero-order chi connectivity index (χ0) is 21.4. The van der Waals surface area contributed by atoms with Crippen molar-refractivity contribution < 1.29 is 9.53 Å². The number of aromatic amines is 1. The molecule has 1 atom stereocenters. The van der Waals surface area contributed by atoms with Gasteiger partial charge in [-0.3, -0.25) is 14.6 Å². The topological polar surface area (TPSA) is 102 Å². The van der Waals surface area contributed by atoms with Crippen LogP contribution in [0, 0.1) is 0 Å². The second kappa shape index (κ2) is 8.02. The number of fused-ring (bicyclic) bond motifs is 1. The predicted octanol–water partition coefficient (Wildman–Crippen LogP) is 3.12. The normalized spacial score (nSPS) is 16.4. The van der Waals surface area contributed by atoms with Gasteiger partial charge >= 0.3 is 0 Å². The molecule has 0 bridgehead atoms. The summed E-state index contributed by atoms with van der Waals surface area (Å²) in [6.07, 6.45) is 5.01. The summed E-state index contributed by atoms with van der Waals surface area (Å²) in [5.41, 5.74) is 2.36. The first kappa shape index (κ1) is 19.5. The van der Waals surface area contributed by atoms with E-state index >= 15 is 0 Å². The zero-order valence-corrected chi connectivity index (χ0v) is 17.4. The Morgan fingerprint density at radius 2 is 2.00 bits per heavy atom. The number of hydrogen-bond donors (Lipinski definition) is 2. The molecule has 0 saturated heterocycles. The summed E-state index contributed by atoms with van der Waals surface area (Å²) in [4.78, 5) is 33.0. The predicted molar refractivity (Wildman–Crippen MR) is 116 cm³/mol. The maximum absolute atomic E-state index is 12.8. The van der Waals surface area contributed by atoms with E-state index in [0.29, 0.717) is 23.4 Å². The fourth-order valence-electron chi connectivity index (χ4n) is 3.90. The van der Waals surface area contributed by atoms with Crippen LogP contribution in [0.1, 0.15) is 55.5 Å². The van der Waals surface area contributed by atoms with Crippen molar-refractivity contribution in [2.24, 2.45) is 0 Å². The average molecular weight is 419 g/mol. The molecule has 3 aromatic rings. The van der Waals surface area contributed by atoms with Crippen molar-refractivity contribution in [2.75, 3.05) is 5.32 Å². The smallest absolute Gasteiger partial charge is 0.266 e. The summed E-state index contributed by atoms with van der Waals surface area (Å²) in [7, 11) is 0. The van der Waals surface area contributed by atoms with Crippen LogP contribution < -0.4 is 15.6 Å². The number of anilines is 1. The second-order valence-corrected chi connectivity index (χ2v) is 8.22. The molecule has 5 rings (SSSR count). The van der Waals surface area contributed by atoms with Gasteiger partial charge in [0, 0.05) is 17.5 Å². The highest BCUT2D eigenvalue weighted by Crippen LogP contribution is 2.40. The van der Waals surface area contributed by atoms with Gasteiger partial charge in [0.15, 0.2) is 6.10 Å². The number of aryl methyl sites for hydroxylation is 1. The number of aromatic nitrogens is 4. The lowest BCUT2D eigenvalue weighted by Crippen LogP contribution is -2.31. The lowest BCUT2D eigenvalue weighted by molar-refractivity contribution is -0.122. The molecular weight excluding hydrogens is 394 g/mol. The number of amides is 1. The first-order valence-electron chi connectivity index (χ1n) is 10.8. The van der Waals surface area contributed by atoms with Crippen molar-refractivity contribution in [3.63, 3.8) is 0 Å². The molecule has 31 heavy (non-hydrogen) atoms. The third kappa shape index (κ3) is 4.10. The van der Waals surface area contributed by atoms with E-state index in [2.05, 4.69) is 20.4 Å². The molecule has 1 amide bonds. The van der Waals surface area contributed by atoms with E-state index < -0.39 is 6.10 Å². The summed E-state index contributed by atoms with van der Waals surface area (Å²) in [6, 6.07) is 11.1. The number of H-pyrrole nitrogens is 1. The number of hydrogen-bond acceptors (Lipinski definition) is 5. The van der Waals surface area contributed by atoms with Gasteiger partial charge < -0.3 is 10.1 Å². The Hall–Kier alpha value is -3.42. The monoisotopic (exact) mass is 419 g/mol. The van der Waals surface area contributed by atoms with Crippen LogP contribution in [-0.2, 0) is 17.6 Å². The fourth-order valence-corrected chi connectivity index (χ4v) is 3.90. The Kier molecular flexibility index (Phi) is 5.05. The molecule has 0 radical (unpaired) electrons. The molecule has 2 aromatic heterocycles. The van der Waals surface area contributed by atoms with Crippen molar-refractivity contribution in [1.29, 1.82) is 0 Å². The third-order valence-corrected chi connectivity index (χ3v) is 5.78. The molecule has 2 aliphatic rings. The van der Waals surface area contributed by atoms with E-state index in [9.17, 15) is 9.59 Å². The number of nitrogens with one attached hydrogen (secondary N) is 2. The van der Waals surface area contributed by atoms with Gasteiger partial charge in [0.05, 0.1) is 11.4 Å². The van der Waals surface area contributed by atoms with Crippen molar-refractivity contribution >= 4 is 11.7 Å². The number of rotatable bonds is 6. The lowest BCUT2D eigenvalue weighted by Gasteiger charge is -2.17. The molecule has 2 aliphatic carbocycles. The van der Waals surface area contributed by atoms with Crippen molar-refractivity contribution in [3.05, 3.63) is 63.7 Å². The fraction of sp³-hybridized carbons (Fsp3) is 0.391. The summed E-state index contributed by atoms with van der Waals surface area (Å²) in [6.45, 7) is 1.70.